The number of nitrogens with one attached hydrogen (secondary N) is 1. The van der Waals surface area contributed by atoms with E-state index < -0.39 is 22.0 Å². The lowest BCUT2D eigenvalue weighted by Gasteiger charge is -2.18. The van der Waals surface area contributed by atoms with Gasteiger partial charge in [-0.15, -0.1) is 0 Å². The summed E-state index contributed by atoms with van der Waals surface area (Å²) >= 11 is 0. The maximum atomic E-state index is 11.4. The predicted octanol–water partition coefficient (Wildman–Crippen LogP) is 0.182. The van der Waals surface area contributed by atoms with Crippen LogP contribution in [-0.4, -0.2) is 43.1 Å². The minimum absolute atomic E-state index is 0.220. The van der Waals surface area contributed by atoms with Gasteiger partial charge < -0.3 is 15.2 Å². The lowest BCUT2D eigenvalue weighted by Crippen LogP contribution is -2.30. The van der Waals surface area contributed by atoms with Crippen LogP contribution in [0.15, 0.2) is 24.3 Å². The van der Waals surface area contributed by atoms with E-state index in [-0.39, 0.29) is 17.4 Å². The summed E-state index contributed by atoms with van der Waals surface area (Å²) in [7, 11) is -3.26. The minimum atomic E-state index is -3.26. The molecule has 1 amide bonds. The van der Waals surface area contributed by atoms with Gasteiger partial charge >= 0.3 is 0 Å². The quantitative estimate of drug-likeness (QED) is 0.826. The van der Waals surface area contributed by atoms with Crippen molar-refractivity contribution in [1.29, 1.82) is 0 Å². The summed E-state index contributed by atoms with van der Waals surface area (Å²) in [5.74, 6) is -0.419. The first kappa shape index (κ1) is 13.8. The molecule has 0 aliphatic carbocycles. The highest BCUT2D eigenvalue weighted by Crippen LogP contribution is 2.27. The van der Waals surface area contributed by atoms with Crippen LogP contribution in [0.1, 0.15) is 6.92 Å². The molecule has 2 N–H and O–H groups in total. The number of ether oxygens (including phenoxy) is 1. The largest absolute Gasteiger partial charge is 0.484 e. The van der Waals surface area contributed by atoms with Gasteiger partial charge in [0.05, 0.1) is 17.2 Å². The highest BCUT2D eigenvalue weighted by molar-refractivity contribution is 7.91. The van der Waals surface area contributed by atoms with E-state index in [0.717, 1.165) is 0 Å². The smallest absolute Gasteiger partial charge is 0.221 e. The van der Waals surface area contributed by atoms with E-state index in [1.165, 1.54) is 6.92 Å². The van der Waals surface area contributed by atoms with Crippen LogP contribution < -0.4 is 10.1 Å². The molecule has 1 aliphatic heterocycles. The van der Waals surface area contributed by atoms with E-state index in [0.29, 0.717) is 11.4 Å². The molecule has 19 heavy (non-hydrogen) atoms. The molecule has 0 radical (unpaired) electrons. The van der Waals surface area contributed by atoms with Gasteiger partial charge in [0.15, 0.2) is 9.84 Å². The third-order valence-corrected chi connectivity index (χ3v) is 4.43. The zero-order chi connectivity index (χ0) is 14.0. The first-order valence-electron chi connectivity index (χ1n) is 5.79. The van der Waals surface area contributed by atoms with Crippen molar-refractivity contribution in [2.24, 2.45) is 0 Å². The molecule has 104 valence electrons. The van der Waals surface area contributed by atoms with Crippen molar-refractivity contribution in [1.82, 2.24) is 0 Å². The Morgan fingerprint density at radius 3 is 2.63 bits per heavy atom. The summed E-state index contributed by atoms with van der Waals surface area (Å²) in [6, 6.07) is 6.69. The topological polar surface area (TPSA) is 92.7 Å². The maximum absolute atomic E-state index is 11.4. The first-order chi connectivity index (χ1) is 8.87. The zero-order valence-electron chi connectivity index (χ0n) is 10.4. The number of sulfone groups is 1. The Labute approximate surface area is 111 Å². The number of benzene rings is 1. The van der Waals surface area contributed by atoms with Crippen LogP contribution >= 0.6 is 0 Å². The second-order valence-electron chi connectivity index (χ2n) is 4.48. The summed E-state index contributed by atoms with van der Waals surface area (Å²) in [6.07, 6.45) is -1.85. The van der Waals surface area contributed by atoms with E-state index in [1.54, 1.807) is 24.3 Å². The average molecular weight is 285 g/mol. The van der Waals surface area contributed by atoms with E-state index in [1.807, 2.05) is 0 Å². The van der Waals surface area contributed by atoms with Crippen LogP contribution in [0.5, 0.6) is 5.75 Å². The SMILES string of the molecule is CC(=O)Nc1ccccc1OC1CS(=O)(=O)CC1O. The number of rotatable bonds is 3. The molecule has 2 atom stereocenters. The van der Waals surface area contributed by atoms with Crippen LogP contribution in [-0.2, 0) is 14.6 Å². The van der Waals surface area contributed by atoms with Gasteiger partial charge in [0.25, 0.3) is 0 Å². The Balaban J connectivity index is 2.17. The van der Waals surface area contributed by atoms with Gasteiger partial charge in [-0.05, 0) is 12.1 Å². The molecule has 7 heteroatoms. The molecule has 6 nitrogen and oxygen atoms in total. The van der Waals surface area contributed by atoms with Gasteiger partial charge in [-0.1, -0.05) is 12.1 Å². The van der Waals surface area contributed by atoms with E-state index in [2.05, 4.69) is 5.32 Å². The summed E-state index contributed by atoms with van der Waals surface area (Å²) < 4.78 is 28.3. The Hall–Kier alpha value is -1.60. The number of aliphatic hydroxyl groups is 1. The van der Waals surface area contributed by atoms with Gasteiger partial charge in [0.1, 0.15) is 18.0 Å². The summed E-state index contributed by atoms with van der Waals surface area (Å²) in [6.45, 7) is 1.37. The summed E-state index contributed by atoms with van der Waals surface area (Å²) in [4.78, 5) is 11.1. The fourth-order valence-electron chi connectivity index (χ4n) is 1.93. The molecule has 0 saturated carbocycles. The number of para-hydroxylation sites is 2. The van der Waals surface area contributed by atoms with Crippen molar-refractivity contribution < 1.29 is 23.1 Å². The number of carbonyl (C=O) groups is 1. The number of amides is 1. The molecule has 1 saturated heterocycles. The molecule has 2 rings (SSSR count). The van der Waals surface area contributed by atoms with Crippen molar-refractivity contribution in [3.63, 3.8) is 0 Å². The van der Waals surface area contributed by atoms with Crippen LogP contribution in [0.25, 0.3) is 0 Å². The first-order valence-corrected chi connectivity index (χ1v) is 7.61. The highest BCUT2D eigenvalue weighted by Gasteiger charge is 2.38. The highest BCUT2D eigenvalue weighted by atomic mass is 32.2. The number of carbonyl (C=O) groups excluding carboxylic acids is 1. The molecular formula is C12H15NO5S. The fraction of sp³-hybridized carbons (Fsp3) is 0.417. The number of hydrogen-bond donors (Lipinski definition) is 2. The fourth-order valence-corrected chi connectivity index (χ4v) is 3.60. The molecule has 0 spiro atoms. The van der Waals surface area contributed by atoms with Crippen LogP contribution in [0.3, 0.4) is 0 Å². The van der Waals surface area contributed by atoms with Crippen LogP contribution in [0.4, 0.5) is 5.69 Å². The molecule has 1 fully saturated rings. The van der Waals surface area contributed by atoms with E-state index >= 15 is 0 Å². The monoisotopic (exact) mass is 285 g/mol. The Bertz CT molecular complexity index is 584. The number of aliphatic hydroxyl groups excluding tert-OH is 1. The molecule has 2 unspecified atom stereocenters. The van der Waals surface area contributed by atoms with Gasteiger partial charge in [0, 0.05) is 6.92 Å². The van der Waals surface area contributed by atoms with Gasteiger partial charge in [-0.3, -0.25) is 4.79 Å². The van der Waals surface area contributed by atoms with Gasteiger partial charge in [-0.25, -0.2) is 8.42 Å². The Morgan fingerprint density at radius 2 is 2.05 bits per heavy atom. The van der Waals surface area contributed by atoms with E-state index in [9.17, 15) is 18.3 Å². The third kappa shape index (κ3) is 3.45. The second kappa shape index (κ2) is 5.18. The lowest BCUT2D eigenvalue weighted by atomic mass is 10.2. The van der Waals surface area contributed by atoms with Crippen molar-refractivity contribution in [3.8, 4) is 5.75 Å². The molecular weight excluding hydrogens is 270 g/mol. The number of anilines is 1. The predicted molar refractivity (Wildman–Crippen MR) is 69.8 cm³/mol. The van der Waals surface area contributed by atoms with Crippen molar-refractivity contribution in [2.45, 2.75) is 19.1 Å². The normalized spacial score (nSPS) is 24.9. The summed E-state index contributed by atoms with van der Waals surface area (Å²) in [5, 5.41) is 12.3. The third-order valence-electron chi connectivity index (χ3n) is 2.75. The standard InChI is InChI=1S/C12H15NO5S/c1-8(14)13-9-4-2-3-5-11(9)18-12-7-19(16,17)6-10(12)15/h2-5,10,12,15H,6-7H2,1H3,(H,13,14). The molecule has 0 aromatic heterocycles. The van der Waals surface area contributed by atoms with E-state index in [4.69, 9.17) is 4.74 Å². The van der Waals surface area contributed by atoms with Gasteiger partial charge in [-0.2, -0.15) is 0 Å². The van der Waals surface area contributed by atoms with Crippen molar-refractivity contribution in [3.05, 3.63) is 24.3 Å². The van der Waals surface area contributed by atoms with Crippen molar-refractivity contribution in [2.75, 3.05) is 16.8 Å². The molecule has 1 aromatic carbocycles. The molecule has 0 bridgehead atoms. The van der Waals surface area contributed by atoms with Crippen LogP contribution in [0.2, 0.25) is 0 Å². The zero-order valence-corrected chi connectivity index (χ0v) is 11.2. The second-order valence-corrected chi connectivity index (χ2v) is 6.63. The average Bonchev–Trinajstić information content (AvgIpc) is 2.54. The van der Waals surface area contributed by atoms with Gasteiger partial charge in [0.2, 0.25) is 5.91 Å². The molecule has 1 aromatic rings. The van der Waals surface area contributed by atoms with Crippen LogP contribution in [0, 0.1) is 0 Å². The lowest BCUT2D eigenvalue weighted by molar-refractivity contribution is -0.114. The van der Waals surface area contributed by atoms with Crippen molar-refractivity contribution >= 4 is 21.4 Å². The number of hydrogen-bond acceptors (Lipinski definition) is 5. The maximum Gasteiger partial charge on any atom is 0.221 e. The summed E-state index contributed by atoms with van der Waals surface area (Å²) in [5.41, 5.74) is 0.450. The Kier molecular flexibility index (Phi) is 3.77. The molecule has 1 heterocycles. The minimum Gasteiger partial charge on any atom is -0.484 e. The molecule has 1 aliphatic rings. The Morgan fingerprint density at radius 1 is 1.37 bits per heavy atom.